The van der Waals surface area contributed by atoms with Crippen LogP contribution in [0.2, 0.25) is 0 Å². The van der Waals surface area contributed by atoms with Crippen LogP contribution in [0.15, 0.2) is 52.8 Å². The number of guanidine groups is 1. The van der Waals surface area contributed by atoms with E-state index in [2.05, 4.69) is 50.9 Å². The van der Waals surface area contributed by atoms with Crippen LogP contribution in [0.5, 0.6) is 0 Å². The molecule has 9 heteroatoms. The number of halogens is 4. The maximum atomic E-state index is 12.6. The molecule has 1 aromatic heterocycles. The molecule has 0 aliphatic carbocycles. The molecule has 0 spiro atoms. The number of benzene rings is 2. The van der Waals surface area contributed by atoms with Crippen LogP contribution in [0.1, 0.15) is 29.2 Å². The van der Waals surface area contributed by atoms with Gasteiger partial charge >= 0.3 is 6.18 Å². The molecular weight excluding hydrogens is 512 g/mol. The number of nitrogens with one attached hydrogen (secondary N) is 2. The number of hydrogen-bond donors (Lipinski definition) is 2. The summed E-state index contributed by atoms with van der Waals surface area (Å²) in [4.78, 5) is 7.82. The predicted octanol–water partition coefficient (Wildman–Crippen LogP) is 5.40. The minimum Gasteiger partial charge on any atom is -0.356 e. The normalized spacial score (nSPS) is 13.1. The number of fused-ring (bicyclic) bond motifs is 1. The highest BCUT2D eigenvalue weighted by molar-refractivity contribution is 14.0. The molecule has 1 unspecified atom stereocenters. The lowest BCUT2D eigenvalue weighted by Gasteiger charge is -2.18. The fourth-order valence-corrected chi connectivity index (χ4v) is 3.61. The first-order valence-corrected chi connectivity index (χ1v) is 9.72. The highest BCUT2D eigenvalue weighted by Crippen LogP contribution is 2.30. The summed E-state index contributed by atoms with van der Waals surface area (Å²) in [6.45, 7) is 2.47. The van der Waals surface area contributed by atoms with Crippen molar-refractivity contribution in [2.24, 2.45) is 4.99 Å². The molecule has 3 rings (SSSR count). The quantitative estimate of drug-likeness (QED) is 0.262. The molecule has 156 valence electrons. The molecule has 0 fully saturated rings. The molecule has 0 saturated carbocycles. The van der Waals surface area contributed by atoms with Crippen molar-refractivity contribution in [2.45, 2.75) is 25.6 Å². The summed E-state index contributed by atoms with van der Waals surface area (Å²) >= 11 is 1.02. The number of rotatable bonds is 5. The van der Waals surface area contributed by atoms with Gasteiger partial charge in [-0.05, 0) is 29.3 Å². The lowest BCUT2D eigenvalue weighted by Crippen LogP contribution is -2.39. The number of nitrogens with zero attached hydrogens (tertiary/aromatic N) is 2. The SMILES string of the molecule is CN=C(NCCc1nc(C(F)(F)F)cs1)NC(C)c1ccc2ccccc2c1.I. The summed E-state index contributed by atoms with van der Waals surface area (Å²) in [5, 5.41) is 10.3. The first-order chi connectivity index (χ1) is 13.4. The standard InChI is InChI=1S/C20H21F3N4S.HI/c1-13(15-8-7-14-5-3-4-6-16(14)11-15)26-19(24-2)25-10-9-18-27-17(12-28-18)20(21,22)23;/h3-8,11-13H,9-10H2,1-2H3,(H2,24,25,26);1H. The molecule has 0 amide bonds. The molecule has 2 aromatic carbocycles. The second-order valence-electron chi connectivity index (χ2n) is 6.35. The van der Waals surface area contributed by atoms with Crippen LogP contribution >= 0.6 is 35.3 Å². The van der Waals surface area contributed by atoms with E-state index in [4.69, 9.17) is 0 Å². The van der Waals surface area contributed by atoms with E-state index >= 15 is 0 Å². The van der Waals surface area contributed by atoms with Crippen LogP contribution < -0.4 is 10.6 Å². The maximum absolute atomic E-state index is 12.6. The molecule has 0 aliphatic rings. The molecule has 0 aliphatic heterocycles. The van der Waals surface area contributed by atoms with E-state index in [0.717, 1.165) is 22.3 Å². The molecule has 2 N–H and O–H groups in total. The van der Waals surface area contributed by atoms with E-state index in [1.807, 2.05) is 19.1 Å². The Hall–Kier alpha value is -1.88. The van der Waals surface area contributed by atoms with Gasteiger partial charge in [-0.2, -0.15) is 13.2 Å². The first kappa shape index (κ1) is 23.4. The van der Waals surface area contributed by atoms with E-state index < -0.39 is 11.9 Å². The second-order valence-corrected chi connectivity index (χ2v) is 7.29. The fourth-order valence-electron chi connectivity index (χ4n) is 2.80. The van der Waals surface area contributed by atoms with Crippen LogP contribution in [0.4, 0.5) is 13.2 Å². The van der Waals surface area contributed by atoms with Crippen LogP contribution in [0.3, 0.4) is 0 Å². The third kappa shape index (κ3) is 6.30. The molecule has 29 heavy (non-hydrogen) atoms. The number of aromatic nitrogens is 1. The molecule has 1 heterocycles. The Balaban J connectivity index is 0.00000300. The largest absolute Gasteiger partial charge is 0.434 e. The van der Waals surface area contributed by atoms with Crippen molar-refractivity contribution in [1.29, 1.82) is 0 Å². The first-order valence-electron chi connectivity index (χ1n) is 8.84. The zero-order chi connectivity index (χ0) is 20.1. The van der Waals surface area contributed by atoms with E-state index in [1.165, 1.54) is 10.8 Å². The van der Waals surface area contributed by atoms with Crippen LogP contribution in [0, 0.1) is 0 Å². The van der Waals surface area contributed by atoms with Crippen LogP contribution in [-0.2, 0) is 12.6 Å². The smallest absolute Gasteiger partial charge is 0.356 e. The number of hydrogen-bond acceptors (Lipinski definition) is 3. The molecular formula is C20H22F3IN4S. The van der Waals surface area contributed by atoms with Gasteiger partial charge in [-0.1, -0.05) is 36.4 Å². The van der Waals surface area contributed by atoms with E-state index in [0.29, 0.717) is 23.9 Å². The number of alkyl halides is 3. The van der Waals surface area contributed by atoms with Crippen molar-refractivity contribution in [3.63, 3.8) is 0 Å². The molecule has 1 atom stereocenters. The van der Waals surface area contributed by atoms with Crippen molar-refractivity contribution in [2.75, 3.05) is 13.6 Å². The summed E-state index contributed by atoms with van der Waals surface area (Å²) in [7, 11) is 1.66. The Morgan fingerprint density at radius 3 is 2.55 bits per heavy atom. The van der Waals surface area contributed by atoms with E-state index in [-0.39, 0.29) is 30.0 Å². The number of aliphatic imine (C=N–C) groups is 1. The van der Waals surface area contributed by atoms with E-state index in [9.17, 15) is 13.2 Å². The summed E-state index contributed by atoms with van der Waals surface area (Å²) < 4.78 is 37.8. The summed E-state index contributed by atoms with van der Waals surface area (Å²) in [6, 6.07) is 14.5. The predicted molar refractivity (Wildman–Crippen MR) is 123 cm³/mol. The minimum atomic E-state index is -4.39. The highest BCUT2D eigenvalue weighted by Gasteiger charge is 2.33. The summed E-state index contributed by atoms with van der Waals surface area (Å²) in [5.41, 5.74) is 0.288. The van der Waals surface area contributed by atoms with Gasteiger partial charge in [0, 0.05) is 25.4 Å². The molecule has 4 nitrogen and oxygen atoms in total. The van der Waals surface area contributed by atoms with Gasteiger partial charge in [-0.25, -0.2) is 4.98 Å². The summed E-state index contributed by atoms with van der Waals surface area (Å²) in [6.07, 6.45) is -4.00. The van der Waals surface area contributed by atoms with Crippen molar-refractivity contribution in [3.8, 4) is 0 Å². The topological polar surface area (TPSA) is 49.3 Å². The maximum Gasteiger partial charge on any atom is 0.434 e. The third-order valence-electron chi connectivity index (χ3n) is 4.32. The van der Waals surface area contributed by atoms with Crippen molar-refractivity contribution < 1.29 is 13.2 Å². The fraction of sp³-hybridized carbons (Fsp3) is 0.300. The molecule has 0 radical (unpaired) electrons. The van der Waals surface area contributed by atoms with Gasteiger partial charge in [0.1, 0.15) is 0 Å². The third-order valence-corrected chi connectivity index (χ3v) is 5.23. The monoisotopic (exact) mass is 534 g/mol. The van der Waals surface area contributed by atoms with Gasteiger partial charge < -0.3 is 10.6 Å². The molecule has 0 saturated heterocycles. The average Bonchev–Trinajstić information content (AvgIpc) is 3.16. The van der Waals surface area contributed by atoms with Gasteiger partial charge in [0.15, 0.2) is 11.7 Å². The van der Waals surface area contributed by atoms with Gasteiger partial charge in [-0.15, -0.1) is 35.3 Å². The van der Waals surface area contributed by atoms with Crippen molar-refractivity contribution >= 4 is 52.0 Å². The van der Waals surface area contributed by atoms with E-state index in [1.54, 1.807) is 7.05 Å². The van der Waals surface area contributed by atoms with Gasteiger partial charge in [0.2, 0.25) is 0 Å². The Labute approximate surface area is 188 Å². The van der Waals surface area contributed by atoms with Gasteiger partial charge in [0.05, 0.1) is 11.0 Å². The summed E-state index contributed by atoms with van der Waals surface area (Å²) in [5.74, 6) is 0.591. The zero-order valence-corrected chi connectivity index (χ0v) is 19.1. The Morgan fingerprint density at radius 2 is 1.90 bits per heavy atom. The van der Waals surface area contributed by atoms with Crippen LogP contribution in [-0.4, -0.2) is 24.5 Å². The Bertz CT molecular complexity index is 972. The average molecular weight is 534 g/mol. The number of thiazole rings is 1. The van der Waals surface area contributed by atoms with Crippen LogP contribution in [0.25, 0.3) is 10.8 Å². The lowest BCUT2D eigenvalue weighted by atomic mass is 10.0. The minimum absolute atomic E-state index is 0. The van der Waals surface area contributed by atoms with Gasteiger partial charge in [0.25, 0.3) is 0 Å². The molecule has 0 bridgehead atoms. The lowest BCUT2D eigenvalue weighted by molar-refractivity contribution is -0.140. The zero-order valence-electron chi connectivity index (χ0n) is 16.0. The van der Waals surface area contributed by atoms with Crippen molar-refractivity contribution in [3.05, 3.63) is 64.1 Å². The van der Waals surface area contributed by atoms with Gasteiger partial charge in [-0.3, -0.25) is 4.99 Å². The highest BCUT2D eigenvalue weighted by atomic mass is 127. The van der Waals surface area contributed by atoms with Crippen molar-refractivity contribution in [1.82, 2.24) is 15.6 Å². The Kier molecular flexibility index (Phi) is 8.26. The second kappa shape index (κ2) is 10.2. The Morgan fingerprint density at radius 1 is 1.17 bits per heavy atom. The molecule has 3 aromatic rings.